The molecule has 1 fully saturated rings. The average Bonchev–Trinajstić information content (AvgIpc) is 2.46. The fourth-order valence-electron chi connectivity index (χ4n) is 3.18. The normalized spacial score (nSPS) is 25.5. The van der Waals surface area contributed by atoms with Crippen LogP contribution in [0.5, 0.6) is 0 Å². The molecule has 1 aromatic rings. The number of nitrogens with zero attached hydrogens (tertiary/aromatic N) is 1. The van der Waals surface area contributed by atoms with Crippen LogP contribution >= 0.6 is 0 Å². The zero-order valence-electron chi connectivity index (χ0n) is 12.5. The Kier molecular flexibility index (Phi) is 5.17. The molecular weight excluding hydrogens is 268 g/mol. The van der Waals surface area contributed by atoms with Gasteiger partial charge in [0.2, 0.25) is 5.91 Å². The number of nitrogens with one attached hydrogen (secondary N) is 1. The molecule has 1 saturated carbocycles. The summed E-state index contributed by atoms with van der Waals surface area (Å²) in [7, 11) is 0. The fraction of sp³-hybridized carbons (Fsp3) is 0.625. The maximum absolute atomic E-state index is 12.1. The quantitative estimate of drug-likeness (QED) is 0.859. The lowest BCUT2D eigenvalue weighted by Gasteiger charge is -2.39. The summed E-state index contributed by atoms with van der Waals surface area (Å²) in [5.41, 5.74) is -0.579. The van der Waals surface area contributed by atoms with Crippen LogP contribution in [-0.4, -0.2) is 27.7 Å². The van der Waals surface area contributed by atoms with Gasteiger partial charge in [0.1, 0.15) is 0 Å². The Balaban J connectivity index is 1.91. The van der Waals surface area contributed by atoms with Crippen molar-refractivity contribution in [3.8, 4) is 0 Å². The number of hydrogen-bond acceptors (Lipinski definition) is 3. The second-order valence-electron chi connectivity index (χ2n) is 6.17. The molecule has 5 heteroatoms. The number of pyridine rings is 1. The van der Waals surface area contributed by atoms with E-state index in [1.807, 2.05) is 0 Å². The van der Waals surface area contributed by atoms with Gasteiger partial charge in [-0.05, 0) is 24.8 Å². The van der Waals surface area contributed by atoms with Crippen molar-refractivity contribution < 1.29 is 9.90 Å². The van der Waals surface area contributed by atoms with E-state index in [0.717, 1.165) is 25.7 Å². The Hall–Kier alpha value is -1.62. The van der Waals surface area contributed by atoms with E-state index in [9.17, 15) is 14.7 Å². The summed E-state index contributed by atoms with van der Waals surface area (Å²) >= 11 is 0. The minimum absolute atomic E-state index is 0.0195. The van der Waals surface area contributed by atoms with Gasteiger partial charge in [0.15, 0.2) is 0 Å². The highest BCUT2D eigenvalue weighted by Gasteiger charge is 2.35. The van der Waals surface area contributed by atoms with Crippen molar-refractivity contribution >= 4 is 5.91 Å². The number of hydrogen-bond donors (Lipinski definition) is 2. The number of amides is 1. The van der Waals surface area contributed by atoms with E-state index in [2.05, 4.69) is 12.2 Å². The third-order valence-electron chi connectivity index (χ3n) is 4.28. The summed E-state index contributed by atoms with van der Waals surface area (Å²) in [4.78, 5) is 23.7. The molecule has 0 aliphatic heterocycles. The molecule has 2 unspecified atom stereocenters. The summed E-state index contributed by atoms with van der Waals surface area (Å²) in [6.07, 6.45) is 5.75. The van der Waals surface area contributed by atoms with Crippen LogP contribution in [0, 0.1) is 5.92 Å². The van der Waals surface area contributed by atoms with E-state index in [-0.39, 0.29) is 24.5 Å². The molecule has 0 aromatic carbocycles. The lowest BCUT2D eigenvalue weighted by molar-refractivity contribution is -0.124. The Bertz CT molecular complexity index is 540. The van der Waals surface area contributed by atoms with Gasteiger partial charge in [0.05, 0.1) is 12.1 Å². The number of aliphatic hydroxyl groups is 1. The van der Waals surface area contributed by atoms with Crippen LogP contribution in [0.25, 0.3) is 0 Å². The first-order valence-electron chi connectivity index (χ1n) is 7.62. The maximum Gasteiger partial charge on any atom is 0.250 e. The van der Waals surface area contributed by atoms with E-state index in [1.165, 1.54) is 10.6 Å². The van der Waals surface area contributed by atoms with E-state index >= 15 is 0 Å². The summed E-state index contributed by atoms with van der Waals surface area (Å²) in [5.74, 6) is 0.414. The Morgan fingerprint density at radius 1 is 1.52 bits per heavy atom. The first-order valence-corrected chi connectivity index (χ1v) is 7.62. The molecule has 1 aliphatic rings. The van der Waals surface area contributed by atoms with Gasteiger partial charge in [-0.25, -0.2) is 0 Å². The minimum Gasteiger partial charge on any atom is -0.394 e. The van der Waals surface area contributed by atoms with Crippen molar-refractivity contribution in [2.45, 2.75) is 51.1 Å². The third kappa shape index (κ3) is 4.17. The lowest BCUT2D eigenvalue weighted by Crippen LogP contribution is -2.54. The van der Waals surface area contributed by atoms with E-state index in [0.29, 0.717) is 12.5 Å². The predicted molar refractivity (Wildman–Crippen MR) is 80.9 cm³/mol. The minimum atomic E-state index is -0.476. The van der Waals surface area contributed by atoms with E-state index < -0.39 is 5.54 Å². The van der Waals surface area contributed by atoms with Crippen LogP contribution in [0.2, 0.25) is 0 Å². The number of aromatic nitrogens is 1. The smallest absolute Gasteiger partial charge is 0.250 e. The summed E-state index contributed by atoms with van der Waals surface area (Å²) < 4.78 is 1.52. The molecule has 1 amide bonds. The topological polar surface area (TPSA) is 71.3 Å². The molecule has 1 aliphatic carbocycles. The molecule has 1 heterocycles. The largest absolute Gasteiger partial charge is 0.394 e. The predicted octanol–water partition coefficient (Wildman–Crippen LogP) is 1.30. The highest BCUT2D eigenvalue weighted by Crippen LogP contribution is 2.31. The Morgan fingerprint density at radius 3 is 3.00 bits per heavy atom. The molecule has 2 rings (SSSR count). The molecule has 21 heavy (non-hydrogen) atoms. The van der Waals surface area contributed by atoms with Crippen molar-refractivity contribution in [2.24, 2.45) is 5.92 Å². The van der Waals surface area contributed by atoms with Gasteiger partial charge in [-0.1, -0.05) is 25.8 Å². The first kappa shape index (κ1) is 15.8. The Labute approximate surface area is 125 Å². The SMILES string of the molecule is CC1CCCC(CO)(NC(=O)CCn2ccccc2=O)C1. The molecule has 5 nitrogen and oxygen atoms in total. The molecule has 1 aromatic heterocycles. The average molecular weight is 292 g/mol. The van der Waals surface area contributed by atoms with E-state index in [4.69, 9.17) is 0 Å². The number of carbonyl (C=O) groups excluding carboxylic acids is 1. The number of rotatable bonds is 5. The second-order valence-corrected chi connectivity index (χ2v) is 6.17. The van der Waals surface area contributed by atoms with E-state index in [1.54, 1.807) is 18.3 Å². The van der Waals surface area contributed by atoms with Crippen LogP contribution in [-0.2, 0) is 11.3 Å². The summed E-state index contributed by atoms with van der Waals surface area (Å²) in [6, 6.07) is 4.94. The number of carbonyl (C=O) groups is 1. The van der Waals surface area contributed by atoms with Gasteiger partial charge >= 0.3 is 0 Å². The zero-order chi connectivity index (χ0) is 15.3. The monoisotopic (exact) mass is 292 g/mol. The third-order valence-corrected chi connectivity index (χ3v) is 4.28. The highest BCUT2D eigenvalue weighted by molar-refractivity contribution is 5.76. The highest BCUT2D eigenvalue weighted by atomic mass is 16.3. The van der Waals surface area contributed by atoms with Gasteiger partial charge < -0.3 is 15.0 Å². The van der Waals surface area contributed by atoms with Crippen LogP contribution in [0.3, 0.4) is 0 Å². The molecule has 2 atom stereocenters. The van der Waals surface area contributed by atoms with Crippen molar-refractivity contribution in [2.75, 3.05) is 6.61 Å². The standard InChI is InChI=1S/C16H24N2O3/c1-13-5-4-8-16(11-13,12-19)17-14(20)7-10-18-9-3-2-6-15(18)21/h2-3,6,9,13,19H,4-5,7-8,10-12H2,1H3,(H,17,20). The Morgan fingerprint density at radius 2 is 2.33 bits per heavy atom. The van der Waals surface area contributed by atoms with Crippen LogP contribution in [0.4, 0.5) is 0 Å². The van der Waals surface area contributed by atoms with Crippen molar-refractivity contribution in [3.63, 3.8) is 0 Å². The molecule has 2 N–H and O–H groups in total. The summed E-state index contributed by atoms with van der Waals surface area (Å²) in [6.45, 7) is 2.50. The number of aliphatic hydroxyl groups excluding tert-OH is 1. The maximum atomic E-state index is 12.1. The van der Waals surface area contributed by atoms with Crippen molar-refractivity contribution in [3.05, 3.63) is 34.7 Å². The van der Waals surface area contributed by atoms with Gasteiger partial charge in [-0.15, -0.1) is 0 Å². The lowest BCUT2D eigenvalue weighted by atomic mass is 9.77. The molecular formula is C16H24N2O3. The van der Waals surface area contributed by atoms with Gasteiger partial charge in [0, 0.05) is 25.2 Å². The summed E-state index contributed by atoms with van der Waals surface area (Å²) in [5, 5.41) is 12.7. The fourth-order valence-corrected chi connectivity index (χ4v) is 3.18. The zero-order valence-corrected chi connectivity index (χ0v) is 12.5. The molecule has 0 radical (unpaired) electrons. The van der Waals surface area contributed by atoms with Crippen molar-refractivity contribution in [1.29, 1.82) is 0 Å². The molecule has 116 valence electrons. The number of aryl methyl sites for hydroxylation is 1. The van der Waals surface area contributed by atoms with Crippen molar-refractivity contribution in [1.82, 2.24) is 9.88 Å². The molecule has 0 saturated heterocycles. The molecule has 0 spiro atoms. The van der Waals surface area contributed by atoms with Crippen LogP contribution < -0.4 is 10.9 Å². The van der Waals surface area contributed by atoms with Gasteiger partial charge in [-0.2, -0.15) is 0 Å². The van der Waals surface area contributed by atoms with Gasteiger partial charge in [0.25, 0.3) is 5.56 Å². The first-order chi connectivity index (χ1) is 10.0. The van der Waals surface area contributed by atoms with Crippen LogP contribution in [0.15, 0.2) is 29.2 Å². The second kappa shape index (κ2) is 6.89. The molecule has 0 bridgehead atoms. The van der Waals surface area contributed by atoms with Gasteiger partial charge in [-0.3, -0.25) is 9.59 Å². The van der Waals surface area contributed by atoms with Crippen LogP contribution in [0.1, 0.15) is 39.0 Å².